The Kier molecular flexibility index (Phi) is 10.5. The Labute approximate surface area is 168 Å². The lowest BCUT2D eigenvalue weighted by Crippen LogP contribution is -2.51. The molecule has 0 aromatic heterocycles. The highest BCUT2D eigenvalue weighted by Gasteiger charge is 2.28. The Morgan fingerprint density at radius 3 is 2.63 bits per heavy atom. The number of methoxy groups -OCH3 is 2. The van der Waals surface area contributed by atoms with Gasteiger partial charge in [0.25, 0.3) is 5.91 Å². The number of carbonyl (C=O) groups is 1. The number of benzene rings is 1. The normalized spacial score (nSPS) is 16.6. The lowest BCUT2D eigenvalue weighted by Gasteiger charge is -2.37. The Bertz CT molecular complexity index is 577. The van der Waals surface area contributed by atoms with Gasteiger partial charge in [-0.2, -0.15) is 0 Å². The molecule has 1 N–H and O–H groups in total. The molecule has 1 aromatic rings. The molecule has 27 heavy (non-hydrogen) atoms. The number of amides is 1. The average molecular weight is 401 g/mol. The molecule has 0 unspecified atom stereocenters. The van der Waals surface area contributed by atoms with Crippen LogP contribution in [0.15, 0.2) is 18.2 Å². The molecule has 0 aliphatic carbocycles. The predicted octanol–water partition coefficient (Wildman–Crippen LogP) is 3.13. The first-order valence-electron chi connectivity index (χ1n) is 9.41. The van der Waals surface area contributed by atoms with Crippen molar-refractivity contribution in [3.8, 4) is 11.5 Å². The van der Waals surface area contributed by atoms with Crippen molar-refractivity contribution in [3.63, 3.8) is 0 Å². The Morgan fingerprint density at radius 1 is 1.26 bits per heavy atom. The van der Waals surface area contributed by atoms with Crippen LogP contribution >= 0.6 is 12.4 Å². The highest BCUT2D eigenvalue weighted by molar-refractivity contribution is 5.95. The van der Waals surface area contributed by atoms with E-state index in [0.717, 1.165) is 32.4 Å². The number of carbonyl (C=O) groups excluding carboxylic acids is 1. The number of nitrogens with zero attached hydrogens (tertiary/aromatic N) is 1. The van der Waals surface area contributed by atoms with Gasteiger partial charge in [0.15, 0.2) is 11.5 Å². The summed E-state index contributed by atoms with van der Waals surface area (Å²) in [6.07, 6.45) is 2.91. The van der Waals surface area contributed by atoms with E-state index in [2.05, 4.69) is 19.2 Å². The third kappa shape index (κ3) is 6.55. The number of hydrogen-bond donors (Lipinski definition) is 1. The van der Waals surface area contributed by atoms with Crippen molar-refractivity contribution in [2.45, 2.75) is 45.2 Å². The van der Waals surface area contributed by atoms with Crippen molar-refractivity contribution in [2.75, 3.05) is 40.5 Å². The number of hydrogen-bond acceptors (Lipinski definition) is 5. The summed E-state index contributed by atoms with van der Waals surface area (Å²) in [5.41, 5.74) is 0.631. The number of ether oxygens (including phenoxy) is 3. The van der Waals surface area contributed by atoms with E-state index in [-0.39, 0.29) is 30.4 Å². The molecule has 1 saturated heterocycles. The van der Waals surface area contributed by atoms with Crippen LogP contribution in [-0.4, -0.2) is 63.4 Å². The number of piperidine rings is 1. The predicted molar refractivity (Wildman–Crippen MR) is 109 cm³/mol. The maximum absolute atomic E-state index is 13.2. The van der Waals surface area contributed by atoms with Crippen LogP contribution in [0, 0.1) is 0 Å². The van der Waals surface area contributed by atoms with Crippen LogP contribution in [0.5, 0.6) is 11.5 Å². The van der Waals surface area contributed by atoms with E-state index in [4.69, 9.17) is 14.2 Å². The molecule has 0 saturated carbocycles. The number of nitrogens with one attached hydrogen (secondary N) is 1. The van der Waals surface area contributed by atoms with E-state index in [0.29, 0.717) is 30.3 Å². The van der Waals surface area contributed by atoms with Gasteiger partial charge in [0.2, 0.25) is 0 Å². The summed E-state index contributed by atoms with van der Waals surface area (Å²) in [5.74, 6) is 1.27. The largest absolute Gasteiger partial charge is 0.493 e. The van der Waals surface area contributed by atoms with Gasteiger partial charge in [-0.3, -0.25) is 4.79 Å². The minimum Gasteiger partial charge on any atom is -0.493 e. The molecule has 154 valence electrons. The summed E-state index contributed by atoms with van der Waals surface area (Å²) in [4.78, 5) is 15.2. The number of halogens is 1. The highest BCUT2D eigenvalue weighted by atomic mass is 35.5. The topological polar surface area (TPSA) is 60.0 Å². The standard InChI is InChI=1S/C20H32N2O4.ClH/c1-15(2)22(17-7-5-10-21-14-17)20(23)16-8-9-18(25-4)19(13-16)26-12-6-11-24-3;/h8-9,13,15,17,21H,5-7,10-12,14H2,1-4H3;1H/t17-;/m0./s1. The highest BCUT2D eigenvalue weighted by Crippen LogP contribution is 2.29. The fourth-order valence-electron chi connectivity index (χ4n) is 3.35. The van der Waals surface area contributed by atoms with Crippen LogP contribution in [0.3, 0.4) is 0 Å². The van der Waals surface area contributed by atoms with E-state index in [9.17, 15) is 4.79 Å². The van der Waals surface area contributed by atoms with Gasteiger partial charge in [-0.25, -0.2) is 0 Å². The molecular formula is C20H33ClN2O4. The van der Waals surface area contributed by atoms with Crippen molar-refractivity contribution in [1.29, 1.82) is 0 Å². The van der Waals surface area contributed by atoms with E-state index >= 15 is 0 Å². The van der Waals surface area contributed by atoms with Gasteiger partial charge in [-0.05, 0) is 51.4 Å². The third-order valence-corrected chi connectivity index (χ3v) is 4.62. The molecule has 1 aliphatic heterocycles. The number of rotatable bonds is 9. The van der Waals surface area contributed by atoms with Crippen molar-refractivity contribution in [3.05, 3.63) is 23.8 Å². The van der Waals surface area contributed by atoms with Crippen LogP contribution in [-0.2, 0) is 4.74 Å². The average Bonchev–Trinajstić information content (AvgIpc) is 2.65. The van der Waals surface area contributed by atoms with Crippen LogP contribution in [0.4, 0.5) is 0 Å². The van der Waals surface area contributed by atoms with Gasteiger partial charge in [0.1, 0.15) is 0 Å². The van der Waals surface area contributed by atoms with E-state index < -0.39 is 0 Å². The van der Waals surface area contributed by atoms with Crippen LogP contribution in [0.25, 0.3) is 0 Å². The summed E-state index contributed by atoms with van der Waals surface area (Å²) in [6, 6.07) is 5.77. The van der Waals surface area contributed by atoms with E-state index in [1.165, 1.54) is 0 Å². The zero-order valence-corrected chi connectivity index (χ0v) is 17.6. The zero-order chi connectivity index (χ0) is 18.9. The summed E-state index contributed by atoms with van der Waals surface area (Å²) in [7, 11) is 3.27. The van der Waals surface area contributed by atoms with Crippen LogP contribution in [0.1, 0.15) is 43.5 Å². The van der Waals surface area contributed by atoms with Crippen molar-refractivity contribution < 1.29 is 19.0 Å². The van der Waals surface area contributed by atoms with Gasteiger partial charge in [0, 0.05) is 44.3 Å². The summed E-state index contributed by atoms with van der Waals surface area (Å²) in [6.45, 7) is 7.16. The van der Waals surface area contributed by atoms with Crippen LogP contribution < -0.4 is 14.8 Å². The van der Waals surface area contributed by atoms with Gasteiger partial charge < -0.3 is 24.4 Å². The monoisotopic (exact) mass is 400 g/mol. The quantitative estimate of drug-likeness (QED) is 0.645. The Balaban J connectivity index is 0.00000364. The fourth-order valence-corrected chi connectivity index (χ4v) is 3.35. The van der Waals surface area contributed by atoms with Gasteiger partial charge >= 0.3 is 0 Å². The van der Waals surface area contributed by atoms with Crippen molar-refractivity contribution in [2.24, 2.45) is 0 Å². The molecule has 0 radical (unpaired) electrons. The molecule has 1 aliphatic rings. The molecule has 1 atom stereocenters. The van der Waals surface area contributed by atoms with E-state index in [1.807, 2.05) is 11.0 Å². The molecule has 1 fully saturated rings. The lowest BCUT2D eigenvalue weighted by molar-refractivity contribution is 0.0573. The molecule has 0 spiro atoms. The SMILES string of the molecule is COCCCOc1cc(C(=O)N(C(C)C)[C@H]2CCCNC2)ccc1OC.Cl. The first-order chi connectivity index (χ1) is 12.6. The van der Waals surface area contributed by atoms with Gasteiger partial charge in [-0.1, -0.05) is 0 Å². The zero-order valence-electron chi connectivity index (χ0n) is 16.8. The van der Waals surface area contributed by atoms with Gasteiger partial charge in [-0.15, -0.1) is 12.4 Å². The maximum Gasteiger partial charge on any atom is 0.254 e. The van der Waals surface area contributed by atoms with Crippen LogP contribution in [0.2, 0.25) is 0 Å². The second-order valence-corrected chi connectivity index (χ2v) is 6.87. The molecule has 7 heteroatoms. The summed E-state index contributed by atoms with van der Waals surface area (Å²) in [5, 5.41) is 3.40. The summed E-state index contributed by atoms with van der Waals surface area (Å²) < 4.78 is 16.2. The molecule has 1 heterocycles. The molecular weight excluding hydrogens is 368 g/mol. The molecule has 1 aromatic carbocycles. The third-order valence-electron chi connectivity index (χ3n) is 4.62. The van der Waals surface area contributed by atoms with Crippen molar-refractivity contribution >= 4 is 18.3 Å². The minimum absolute atomic E-state index is 0. The second-order valence-electron chi connectivity index (χ2n) is 6.87. The molecule has 6 nitrogen and oxygen atoms in total. The smallest absolute Gasteiger partial charge is 0.254 e. The lowest BCUT2D eigenvalue weighted by atomic mass is 10.0. The van der Waals surface area contributed by atoms with Gasteiger partial charge in [0.05, 0.1) is 13.7 Å². The second kappa shape index (κ2) is 12.1. The Hall–Kier alpha value is -1.50. The summed E-state index contributed by atoms with van der Waals surface area (Å²) >= 11 is 0. The van der Waals surface area contributed by atoms with Crippen molar-refractivity contribution in [1.82, 2.24) is 10.2 Å². The first-order valence-corrected chi connectivity index (χ1v) is 9.41. The fraction of sp³-hybridized carbons (Fsp3) is 0.650. The first kappa shape index (κ1) is 23.5. The molecule has 2 rings (SSSR count). The maximum atomic E-state index is 13.2. The Morgan fingerprint density at radius 2 is 2.04 bits per heavy atom. The molecule has 0 bridgehead atoms. The molecule has 1 amide bonds. The van der Waals surface area contributed by atoms with E-state index in [1.54, 1.807) is 26.4 Å². The minimum atomic E-state index is 0.